The number of benzene rings is 1. The van der Waals surface area contributed by atoms with Crippen LogP contribution in [0.1, 0.15) is 70.4 Å². The quantitative estimate of drug-likeness (QED) is 0.283. The number of carbonyl (C=O) groups excluding carboxylic acids is 6. The van der Waals surface area contributed by atoms with Gasteiger partial charge in [0.15, 0.2) is 0 Å². The zero-order chi connectivity index (χ0) is 39.9. The maximum absolute atomic E-state index is 14.6. The van der Waals surface area contributed by atoms with Crippen LogP contribution in [0, 0.1) is 11.7 Å². The second-order valence-corrected chi connectivity index (χ2v) is 17.6. The fraction of sp³-hybridized carbons (Fsp3) is 0.568. The molecule has 298 valence electrons. The molecule has 16 nitrogen and oxygen atoms in total. The molecule has 6 rings (SSSR count). The van der Waals surface area contributed by atoms with Gasteiger partial charge < -0.3 is 29.9 Å². The zero-order valence-electron chi connectivity index (χ0n) is 31.0. The zero-order valence-corrected chi connectivity index (χ0v) is 31.9. The fourth-order valence-corrected chi connectivity index (χ4v) is 8.57. The summed E-state index contributed by atoms with van der Waals surface area (Å²) in [5.74, 6) is -4.10. The van der Waals surface area contributed by atoms with Gasteiger partial charge in [0.05, 0.1) is 24.9 Å². The van der Waals surface area contributed by atoms with E-state index in [9.17, 15) is 41.6 Å². The molecule has 18 heteroatoms. The van der Waals surface area contributed by atoms with Crippen molar-refractivity contribution in [3.05, 3.63) is 60.0 Å². The first-order valence-corrected chi connectivity index (χ1v) is 19.9. The first-order chi connectivity index (χ1) is 25.9. The summed E-state index contributed by atoms with van der Waals surface area (Å²) in [4.78, 5) is 85.8. The lowest BCUT2D eigenvalue weighted by atomic mass is 10.1. The van der Waals surface area contributed by atoms with Crippen LogP contribution < -0.4 is 15.4 Å². The molecule has 3 aliphatic heterocycles. The Bertz CT molecular complexity index is 1910. The molecule has 3 N–H and O–H groups in total. The minimum atomic E-state index is -3.98. The second kappa shape index (κ2) is 15.3. The Morgan fingerprint density at radius 2 is 1.84 bits per heavy atom. The van der Waals surface area contributed by atoms with Crippen molar-refractivity contribution in [2.45, 2.75) is 107 Å². The highest BCUT2D eigenvalue weighted by Gasteiger charge is 2.62. The highest BCUT2D eigenvalue weighted by molar-refractivity contribution is 7.91. The van der Waals surface area contributed by atoms with E-state index in [1.165, 1.54) is 21.9 Å². The van der Waals surface area contributed by atoms with Crippen molar-refractivity contribution in [2.24, 2.45) is 5.92 Å². The lowest BCUT2D eigenvalue weighted by molar-refractivity contribution is -0.142. The monoisotopic (exact) mass is 786 g/mol. The number of hydrogen-bond donors (Lipinski definition) is 3. The number of carbonyl (C=O) groups is 6. The van der Waals surface area contributed by atoms with Gasteiger partial charge in [0, 0.05) is 31.0 Å². The van der Waals surface area contributed by atoms with Crippen molar-refractivity contribution in [1.29, 1.82) is 0 Å². The molecule has 5 atom stereocenters. The van der Waals surface area contributed by atoms with E-state index in [1.54, 1.807) is 39.0 Å². The first kappa shape index (κ1) is 39.7. The average molecular weight is 787 g/mol. The van der Waals surface area contributed by atoms with E-state index in [1.807, 2.05) is 0 Å². The maximum atomic E-state index is 14.6. The lowest BCUT2D eigenvalue weighted by Gasteiger charge is -2.32. The SMILES string of the molecule is C=CC(=O)N1CCC/C=C\[C@H]2C[C@@]2(C(=O)NS(=O)(=O)C2CC2)NC(=O)[C@@H]2C[C@@H](OC(=O)N3Cc4cccc(F)c4C3)CN2C(=O)[C@@H](NC(=O)OC(C)(C)C)C1. The number of fused-ring (bicyclic) bond motifs is 3. The minimum Gasteiger partial charge on any atom is -0.444 e. The number of nitrogens with zero attached hydrogens (tertiary/aromatic N) is 3. The van der Waals surface area contributed by atoms with Crippen molar-refractivity contribution >= 4 is 45.8 Å². The van der Waals surface area contributed by atoms with E-state index in [4.69, 9.17) is 9.47 Å². The van der Waals surface area contributed by atoms with Crippen LogP contribution in [0.25, 0.3) is 0 Å². The number of hydrogen-bond acceptors (Lipinski definition) is 10. The van der Waals surface area contributed by atoms with Crippen molar-refractivity contribution in [2.75, 3.05) is 19.6 Å². The van der Waals surface area contributed by atoms with Crippen LogP contribution >= 0.6 is 0 Å². The molecular formula is C37H47FN6O10S. The molecule has 1 saturated heterocycles. The molecule has 1 aromatic carbocycles. The van der Waals surface area contributed by atoms with Crippen LogP contribution in [-0.2, 0) is 51.8 Å². The molecule has 0 bridgehead atoms. The lowest BCUT2D eigenvalue weighted by Crippen LogP contribution is -2.60. The van der Waals surface area contributed by atoms with Crippen molar-refractivity contribution in [3.8, 4) is 0 Å². The first-order valence-electron chi connectivity index (χ1n) is 18.4. The third-order valence-electron chi connectivity index (χ3n) is 10.3. The number of halogens is 1. The molecular weight excluding hydrogens is 740 g/mol. The van der Waals surface area contributed by atoms with Gasteiger partial charge in [0.2, 0.25) is 27.7 Å². The van der Waals surface area contributed by atoms with Gasteiger partial charge in [0.1, 0.15) is 35.1 Å². The number of amides is 6. The molecule has 0 unspecified atom stereocenters. The Balaban J connectivity index is 1.31. The highest BCUT2D eigenvalue weighted by Crippen LogP contribution is 2.46. The summed E-state index contributed by atoms with van der Waals surface area (Å²) in [6.45, 7) is 7.99. The van der Waals surface area contributed by atoms with Crippen molar-refractivity contribution in [3.63, 3.8) is 0 Å². The van der Waals surface area contributed by atoms with E-state index in [-0.39, 0.29) is 45.6 Å². The van der Waals surface area contributed by atoms with Gasteiger partial charge in [-0.15, -0.1) is 0 Å². The third kappa shape index (κ3) is 8.95. The summed E-state index contributed by atoms with van der Waals surface area (Å²) >= 11 is 0. The third-order valence-corrected chi connectivity index (χ3v) is 12.1. The summed E-state index contributed by atoms with van der Waals surface area (Å²) in [5, 5.41) is 4.58. The number of ether oxygens (including phenoxy) is 2. The van der Waals surface area contributed by atoms with Gasteiger partial charge >= 0.3 is 12.2 Å². The van der Waals surface area contributed by atoms with E-state index >= 15 is 0 Å². The van der Waals surface area contributed by atoms with Crippen LogP contribution in [0.2, 0.25) is 0 Å². The average Bonchev–Trinajstić information content (AvgIpc) is 3.99. The molecule has 0 aromatic heterocycles. The van der Waals surface area contributed by atoms with Gasteiger partial charge in [-0.3, -0.25) is 28.8 Å². The summed E-state index contributed by atoms with van der Waals surface area (Å²) < 4.78 is 53.5. The second-order valence-electron chi connectivity index (χ2n) is 15.7. The molecule has 2 aliphatic carbocycles. The van der Waals surface area contributed by atoms with Crippen LogP contribution in [0.5, 0.6) is 0 Å². The van der Waals surface area contributed by atoms with Gasteiger partial charge in [-0.2, -0.15) is 0 Å². The maximum Gasteiger partial charge on any atom is 0.410 e. The van der Waals surface area contributed by atoms with E-state index in [2.05, 4.69) is 21.9 Å². The molecule has 3 fully saturated rings. The number of alkyl carbamates (subject to hydrolysis) is 1. The predicted molar refractivity (Wildman–Crippen MR) is 193 cm³/mol. The van der Waals surface area contributed by atoms with E-state index in [0.29, 0.717) is 36.8 Å². The largest absolute Gasteiger partial charge is 0.444 e. The highest BCUT2D eigenvalue weighted by atomic mass is 32.2. The Morgan fingerprint density at radius 3 is 2.51 bits per heavy atom. The number of nitrogens with one attached hydrogen (secondary N) is 3. The Hall–Kier alpha value is -5.00. The molecule has 6 amide bonds. The van der Waals surface area contributed by atoms with Crippen LogP contribution in [0.3, 0.4) is 0 Å². The Labute approximate surface area is 318 Å². The van der Waals surface area contributed by atoms with Gasteiger partial charge in [-0.25, -0.2) is 22.4 Å². The molecule has 55 heavy (non-hydrogen) atoms. The molecule has 0 spiro atoms. The molecule has 2 saturated carbocycles. The normalized spacial score (nSPS) is 27.6. The molecule has 1 aromatic rings. The number of rotatable bonds is 6. The Kier molecular flexibility index (Phi) is 11.0. The fourth-order valence-electron chi connectivity index (χ4n) is 7.21. The van der Waals surface area contributed by atoms with Crippen LogP contribution in [-0.4, -0.2) is 113 Å². The summed E-state index contributed by atoms with van der Waals surface area (Å²) in [5.41, 5.74) is -1.64. The smallest absolute Gasteiger partial charge is 0.410 e. The minimum absolute atomic E-state index is 0.0501. The summed E-state index contributed by atoms with van der Waals surface area (Å²) in [7, 11) is -3.98. The van der Waals surface area contributed by atoms with E-state index in [0.717, 1.165) is 11.0 Å². The van der Waals surface area contributed by atoms with Crippen LogP contribution in [0.15, 0.2) is 43.0 Å². The topological polar surface area (TPSA) is 201 Å². The van der Waals surface area contributed by atoms with Gasteiger partial charge in [-0.1, -0.05) is 30.9 Å². The van der Waals surface area contributed by atoms with Crippen LogP contribution in [0.4, 0.5) is 14.0 Å². The number of sulfonamides is 1. The van der Waals surface area contributed by atoms with Gasteiger partial charge in [0.25, 0.3) is 5.91 Å². The van der Waals surface area contributed by atoms with Gasteiger partial charge in [-0.05, 0) is 70.6 Å². The summed E-state index contributed by atoms with van der Waals surface area (Å²) in [6.07, 6.45) is 3.24. The van der Waals surface area contributed by atoms with Crippen molar-refractivity contribution in [1.82, 2.24) is 30.1 Å². The molecule has 0 radical (unpaired) electrons. The van der Waals surface area contributed by atoms with E-state index < -0.39 is 92.2 Å². The summed E-state index contributed by atoms with van der Waals surface area (Å²) in [6, 6.07) is 1.71. The molecule has 3 heterocycles. The van der Waals surface area contributed by atoms with Crippen molar-refractivity contribution < 1.29 is 51.0 Å². The predicted octanol–water partition coefficient (Wildman–Crippen LogP) is 1.99. The molecule has 5 aliphatic rings. The standard InChI is InChI=1S/C37H47FN6O10S/c1-5-30(45)42-15-8-6-7-11-23-17-37(23,33(48)41-55(51,52)25-13-14-25)40-31(46)29-16-24(53-35(50)43-18-22-10-9-12-27(38)26(22)20-43)19-44(29)32(47)28(21-42)39-34(49)54-36(2,3)4/h5,7,9-12,23-25,28-29H,1,6,8,13-21H2,2-4H3,(H,39,49)(H,40,46)(H,41,48)/b11-7-/t23-,24+,28-,29-,37+/m0/s1. The Morgan fingerprint density at radius 1 is 1.09 bits per heavy atom. The number of allylic oxidation sites excluding steroid dienone is 1.